The van der Waals surface area contributed by atoms with Gasteiger partial charge in [0.2, 0.25) is 0 Å². The Hall–Kier alpha value is -1.02. The molecule has 0 heterocycles. The van der Waals surface area contributed by atoms with E-state index >= 15 is 0 Å². The molecule has 0 spiro atoms. The molecule has 0 aliphatic carbocycles. The number of para-hydroxylation sites is 1. The van der Waals surface area contributed by atoms with E-state index in [9.17, 15) is 0 Å². The molecule has 96 valence electrons. The van der Waals surface area contributed by atoms with E-state index in [0.717, 1.165) is 24.8 Å². The fraction of sp³-hybridized carbons (Fsp3) is 0.600. The average Bonchev–Trinajstić information content (AvgIpc) is 2.36. The Balaban J connectivity index is 2.64. The fourth-order valence-corrected chi connectivity index (χ4v) is 1.76. The van der Waals surface area contributed by atoms with Crippen molar-refractivity contribution in [3.05, 3.63) is 29.8 Å². The second-order valence-corrected chi connectivity index (χ2v) is 4.61. The second-order valence-electron chi connectivity index (χ2n) is 4.61. The molecule has 0 radical (unpaired) electrons. The molecule has 1 aromatic carbocycles. The van der Waals surface area contributed by atoms with E-state index < -0.39 is 0 Å². The lowest BCUT2D eigenvalue weighted by Crippen LogP contribution is -2.24. The topological polar surface area (TPSA) is 21.3 Å². The Morgan fingerprint density at radius 2 is 1.88 bits per heavy atom. The molecular weight excluding hydrogens is 210 g/mol. The first-order valence-electron chi connectivity index (χ1n) is 6.64. The fourth-order valence-electron chi connectivity index (χ4n) is 1.76. The van der Waals surface area contributed by atoms with Crippen LogP contribution in [-0.2, 0) is 0 Å². The van der Waals surface area contributed by atoms with E-state index in [-0.39, 0.29) is 0 Å². The summed E-state index contributed by atoms with van der Waals surface area (Å²) in [6.07, 6.45) is 1.22. The van der Waals surface area contributed by atoms with Crippen molar-refractivity contribution < 1.29 is 4.74 Å². The minimum Gasteiger partial charge on any atom is -0.494 e. The maximum Gasteiger partial charge on any atom is 0.124 e. The van der Waals surface area contributed by atoms with Crippen LogP contribution in [0.25, 0.3) is 0 Å². The monoisotopic (exact) mass is 235 g/mol. The lowest BCUT2D eigenvalue weighted by molar-refractivity contribution is 0.331. The first-order valence-corrected chi connectivity index (χ1v) is 6.64. The van der Waals surface area contributed by atoms with Gasteiger partial charge in [-0.15, -0.1) is 0 Å². The molecule has 0 bridgehead atoms. The van der Waals surface area contributed by atoms with Crippen LogP contribution in [0.1, 0.15) is 45.7 Å². The Morgan fingerprint density at radius 1 is 1.18 bits per heavy atom. The quantitative estimate of drug-likeness (QED) is 0.776. The van der Waals surface area contributed by atoms with E-state index in [4.69, 9.17) is 4.74 Å². The smallest absolute Gasteiger partial charge is 0.124 e. The molecule has 2 heteroatoms. The minimum atomic E-state index is 0.340. The third-order valence-corrected chi connectivity index (χ3v) is 3.15. The van der Waals surface area contributed by atoms with Gasteiger partial charge in [0.05, 0.1) is 6.61 Å². The van der Waals surface area contributed by atoms with Crippen molar-refractivity contribution in [3.8, 4) is 5.75 Å². The lowest BCUT2D eigenvalue weighted by Gasteiger charge is -2.19. The number of hydrogen-bond acceptors (Lipinski definition) is 2. The summed E-state index contributed by atoms with van der Waals surface area (Å²) in [6.45, 7) is 10.5. The molecule has 1 rings (SSSR count). The average molecular weight is 235 g/mol. The number of ether oxygens (including phenoxy) is 1. The highest BCUT2D eigenvalue weighted by Crippen LogP contribution is 2.24. The number of nitrogens with one attached hydrogen (secondary N) is 1. The van der Waals surface area contributed by atoms with Crippen molar-refractivity contribution in [1.29, 1.82) is 0 Å². The highest BCUT2D eigenvalue weighted by Gasteiger charge is 2.11. The normalized spacial score (nSPS) is 14.4. The molecule has 0 fully saturated rings. The van der Waals surface area contributed by atoms with Crippen LogP contribution < -0.4 is 10.1 Å². The molecule has 0 aromatic heterocycles. The standard InChI is InChI=1S/C15H25NO/c1-5-12(3)11-16-13(4)14-9-7-8-10-15(14)17-6-2/h7-10,12-13,16H,5-6,11H2,1-4H3. The van der Waals surface area contributed by atoms with Crippen molar-refractivity contribution in [2.24, 2.45) is 5.92 Å². The summed E-state index contributed by atoms with van der Waals surface area (Å²) in [5, 5.41) is 3.57. The van der Waals surface area contributed by atoms with Crippen LogP contribution in [0.15, 0.2) is 24.3 Å². The molecule has 2 nitrogen and oxygen atoms in total. The van der Waals surface area contributed by atoms with Crippen LogP contribution in [0, 0.1) is 5.92 Å². The van der Waals surface area contributed by atoms with Gasteiger partial charge in [-0.2, -0.15) is 0 Å². The van der Waals surface area contributed by atoms with Crippen LogP contribution in [0.2, 0.25) is 0 Å². The zero-order valence-corrected chi connectivity index (χ0v) is 11.5. The Labute approximate surface area is 105 Å². The van der Waals surface area contributed by atoms with E-state index in [1.54, 1.807) is 0 Å². The van der Waals surface area contributed by atoms with Crippen molar-refractivity contribution in [2.45, 2.75) is 40.2 Å². The van der Waals surface area contributed by atoms with Gasteiger partial charge in [0.1, 0.15) is 5.75 Å². The number of benzene rings is 1. The number of rotatable bonds is 7. The largest absolute Gasteiger partial charge is 0.494 e. The van der Waals surface area contributed by atoms with Gasteiger partial charge in [0.15, 0.2) is 0 Å². The molecule has 0 aliphatic rings. The molecule has 2 atom stereocenters. The molecule has 1 N–H and O–H groups in total. The first kappa shape index (κ1) is 14.0. The summed E-state index contributed by atoms with van der Waals surface area (Å²) in [4.78, 5) is 0. The minimum absolute atomic E-state index is 0.340. The maximum absolute atomic E-state index is 5.65. The highest BCUT2D eigenvalue weighted by molar-refractivity contribution is 5.35. The summed E-state index contributed by atoms with van der Waals surface area (Å²) < 4.78 is 5.65. The third kappa shape index (κ3) is 4.39. The van der Waals surface area contributed by atoms with Crippen LogP contribution >= 0.6 is 0 Å². The second kappa shape index (κ2) is 7.33. The van der Waals surface area contributed by atoms with Crippen LogP contribution in [0.4, 0.5) is 0 Å². The van der Waals surface area contributed by atoms with Gasteiger partial charge >= 0.3 is 0 Å². The predicted molar refractivity (Wildman–Crippen MR) is 73.5 cm³/mol. The van der Waals surface area contributed by atoms with Gasteiger partial charge in [-0.25, -0.2) is 0 Å². The lowest BCUT2D eigenvalue weighted by atomic mass is 10.1. The SMILES string of the molecule is CCOc1ccccc1C(C)NCC(C)CC. The molecule has 17 heavy (non-hydrogen) atoms. The van der Waals surface area contributed by atoms with Gasteiger partial charge < -0.3 is 10.1 Å². The molecule has 0 saturated heterocycles. The van der Waals surface area contributed by atoms with E-state index in [0.29, 0.717) is 6.04 Å². The van der Waals surface area contributed by atoms with Crippen LogP contribution in [0.3, 0.4) is 0 Å². The van der Waals surface area contributed by atoms with Gasteiger partial charge in [-0.05, 0) is 32.4 Å². The molecule has 0 amide bonds. The van der Waals surface area contributed by atoms with E-state index in [1.165, 1.54) is 12.0 Å². The third-order valence-electron chi connectivity index (χ3n) is 3.15. The molecule has 0 saturated carbocycles. The summed E-state index contributed by atoms with van der Waals surface area (Å²) in [5.74, 6) is 1.72. The van der Waals surface area contributed by atoms with Gasteiger partial charge in [0.25, 0.3) is 0 Å². The molecular formula is C15H25NO. The summed E-state index contributed by atoms with van der Waals surface area (Å²) in [5.41, 5.74) is 1.25. The Bertz CT molecular complexity index is 324. The first-order chi connectivity index (χ1) is 8.19. The summed E-state index contributed by atoms with van der Waals surface area (Å²) in [6, 6.07) is 8.61. The summed E-state index contributed by atoms with van der Waals surface area (Å²) >= 11 is 0. The van der Waals surface area contributed by atoms with Crippen molar-refractivity contribution >= 4 is 0 Å². The van der Waals surface area contributed by atoms with Gasteiger partial charge in [-0.3, -0.25) is 0 Å². The van der Waals surface area contributed by atoms with Gasteiger partial charge in [-0.1, -0.05) is 38.5 Å². The summed E-state index contributed by atoms with van der Waals surface area (Å²) in [7, 11) is 0. The van der Waals surface area contributed by atoms with Crippen molar-refractivity contribution in [2.75, 3.05) is 13.2 Å². The zero-order valence-electron chi connectivity index (χ0n) is 11.5. The van der Waals surface area contributed by atoms with Crippen molar-refractivity contribution in [3.63, 3.8) is 0 Å². The predicted octanol–water partition coefficient (Wildman–Crippen LogP) is 3.78. The molecule has 2 unspecified atom stereocenters. The van der Waals surface area contributed by atoms with E-state index in [2.05, 4.69) is 38.2 Å². The number of hydrogen-bond donors (Lipinski definition) is 1. The highest BCUT2D eigenvalue weighted by atomic mass is 16.5. The van der Waals surface area contributed by atoms with E-state index in [1.807, 2.05) is 19.1 Å². The van der Waals surface area contributed by atoms with Crippen LogP contribution in [-0.4, -0.2) is 13.2 Å². The van der Waals surface area contributed by atoms with Gasteiger partial charge in [0, 0.05) is 11.6 Å². The van der Waals surface area contributed by atoms with Crippen molar-refractivity contribution in [1.82, 2.24) is 5.32 Å². The zero-order chi connectivity index (χ0) is 12.7. The Morgan fingerprint density at radius 3 is 2.53 bits per heavy atom. The molecule has 1 aromatic rings. The Kier molecular flexibility index (Phi) is 6.06. The molecule has 0 aliphatic heterocycles. The van der Waals surface area contributed by atoms with Crippen LogP contribution in [0.5, 0.6) is 5.75 Å². The maximum atomic E-state index is 5.65.